The van der Waals surface area contributed by atoms with Gasteiger partial charge in [-0.05, 0) is 65.7 Å². The molecule has 0 unspecified atom stereocenters. The lowest BCUT2D eigenvalue weighted by Crippen LogP contribution is -1.94. The molecular formula is C30H19BrClNO. The largest absolute Gasteiger partial charge is 0.457 e. The Kier molecular flexibility index (Phi) is 5.37. The second-order valence-corrected chi connectivity index (χ2v) is 9.50. The highest BCUT2D eigenvalue weighted by molar-refractivity contribution is 9.10. The van der Waals surface area contributed by atoms with E-state index in [1.165, 1.54) is 21.8 Å². The summed E-state index contributed by atoms with van der Waals surface area (Å²) in [4.78, 5) is 0. The van der Waals surface area contributed by atoms with Crippen molar-refractivity contribution in [1.29, 1.82) is 0 Å². The molecule has 0 atom stereocenters. The highest BCUT2D eigenvalue weighted by atomic mass is 79.9. The third-order valence-electron chi connectivity index (χ3n) is 5.94. The molecule has 0 fully saturated rings. The van der Waals surface area contributed by atoms with Crippen molar-refractivity contribution in [3.05, 3.63) is 125 Å². The van der Waals surface area contributed by atoms with E-state index in [0.29, 0.717) is 10.8 Å². The second-order valence-electron chi connectivity index (χ2n) is 8.15. The van der Waals surface area contributed by atoms with Crippen LogP contribution in [0.5, 0.6) is 11.5 Å². The number of hydrogen-bond acceptors (Lipinski definition) is 1. The van der Waals surface area contributed by atoms with E-state index in [1.807, 2.05) is 24.3 Å². The van der Waals surface area contributed by atoms with E-state index < -0.39 is 0 Å². The Balaban J connectivity index is 1.37. The van der Waals surface area contributed by atoms with Crippen molar-refractivity contribution in [2.45, 2.75) is 0 Å². The summed E-state index contributed by atoms with van der Waals surface area (Å²) in [5.74, 6) is 1.46. The number of aromatic nitrogens is 1. The van der Waals surface area contributed by atoms with Crippen LogP contribution in [-0.4, -0.2) is 4.57 Å². The van der Waals surface area contributed by atoms with Gasteiger partial charge in [0.15, 0.2) is 0 Å². The Hall–Kier alpha value is -3.53. The van der Waals surface area contributed by atoms with Crippen LogP contribution < -0.4 is 4.74 Å². The molecule has 34 heavy (non-hydrogen) atoms. The van der Waals surface area contributed by atoms with Crippen molar-refractivity contribution in [2.24, 2.45) is 0 Å². The molecule has 6 rings (SSSR count). The first kappa shape index (κ1) is 21.0. The lowest BCUT2D eigenvalue weighted by molar-refractivity contribution is 0.482. The maximum Gasteiger partial charge on any atom is 0.130 e. The molecule has 1 heterocycles. The van der Waals surface area contributed by atoms with Crippen LogP contribution in [0.2, 0.25) is 5.02 Å². The van der Waals surface area contributed by atoms with Gasteiger partial charge < -0.3 is 9.30 Å². The first-order valence-electron chi connectivity index (χ1n) is 11.0. The van der Waals surface area contributed by atoms with E-state index >= 15 is 0 Å². The number of rotatable bonds is 4. The summed E-state index contributed by atoms with van der Waals surface area (Å²) >= 11 is 9.59. The molecule has 0 aliphatic carbocycles. The van der Waals surface area contributed by atoms with E-state index in [2.05, 4.69) is 105 Å². The van der Waals surface area contributed by atoms with Crippen molar-refractivity contribution < 1.29 is 4.74 Å². The highest BCUT2D eigenvalue weighted by Gasteiger charge is 2.12. The normalized spacial score (nSPS) is 11.2. The number of nitrogens with zero attached hydrogens (tertiary/aromatic N) is 1. The molecule has 0 saturated carbocycles. The summed E-state index contributed by atoms with van der Waals surface area (Å²) in [7, 11) is 0. The molecule has 0 aliphatic heterocycles. The molecule has 4 heteroatoms. The monoisotopic (exact) mass is 523 g/mol. The predicted octanol–water partition coefficient (Wildman–Crippen LogP) is 9.66. The van der Waals surface area contributed by atoms with Gasteiger partial charge in [0.05, 0.1) is 11.0 Å². The fourth-order valence-electron chi connectivity index (χ4n) is 4.46. The molecule has 0 saturated heterocycles. The third kappa shape index (κ3) is 3.87. The van der Waals surface area contributed by atoms with Crippen LogP contribution in [0, 0.1) is 0 Å². The van der Waals surface area contributed by atoms with Crippen molar-refractivity contribution in [3.8, 4) is 28.3 Å². The number of hydrogen-bond donors (Lipinski definition) is 0. The number of halogens is 2. The van der Waals surface area contributed by atoms with Gasteiger partial charge in [0.2, 0.25) is 0 Å². The van der Waals surface area contributed by atoms with Crippen LogP contribution in [0.3, 0.4) is 0 Å². The van der Waals surface area contributed by atoms with Crippen LogP contribution in [-0.2, 0) is 0 Å². The minimum atomic E-state index is 0.628. The van der Waals surface area contributed by atoms with E-state index in [4.69, 9.17) is 16.3 Å². The average Bonchev–Trinajstić information content (AvgIpc) is 3.19. The van der Waals surface area contributed by atoms with Crippen LogP contribution in [0.4, 0.5) is 0 Å². The summed E-state index contributed by atoms with van der Waals surface area (Å²) in [5.41, 5.74) is 5.83. The standard InChI is InChI=1S/C30H19BrClNO/c31-22-17-23(32)19-26(18-22)34-25-14-12-20(13-15-25)21-6-5-7-24(16-21)33-29-10-3-1-8-27(29)28-9-2-4-11-30(28)33/h1-19H. The van der Waals surface area contributed by atoms with Crippen LogP contribution in [0.25, 0.3) is 38.6 Å². The molecule has 0 bridgehead atoms. The van der Waals surface area contributed by atoms with Gasteiger partial charge in [0, 0.05) is 26.0 Å². The topological polar surface area (TPSA) is 14.2 Å². The number of benzene rings is 5. The summed E-state index contributed by atoms with van der Waals surface area (Å²) in [6, 6.07) is 39.5. The summed E-state index contributed by atoms with van der Waals surface area (Å²) in [6.07, 6.45) is 0. The molecule has 0 amide bonds. The number of para-hydroxylation sites is 2. The summed E-state index contributed by atoms with van der Waals surface area (Å²) in [5, 5.41) is 3.15. The average molecular weight is 525 g/mol. The van der Waals surface area contributed by atoms with Gasteiger partial charge >= 0.3 is 0 Å². The first-order valence-corrected chi connectivity index (χ1v) is 12.2. The number of ether oxygens (including phenoxy) is 1. The minimum absolute atomic E-state index is 0.628. The van der Waals surface area contributed by atoms with Crippen molar-refractivity contribution in [2.75, 3.05) is 0 Å². The van der Waals surface area contributed by atoms with Crippen LogP contribution in [0.1, 0.15) is 0 Å². The number of fused-ring (bicyclic) bond motifs is 3. The van der Waals surface area contributed by atoms with E-state index in [-0.39, 0.29) is 0 Å². The Morgan fingerprint density at radius 1 is 0.588 bits per heavy atom. The molecule has 0 N–H and O–H groups in total. The maximum absolute atomic E-state index is 6.14. The Morgan fingerprint density at radius 3 is 1.94 bits per heavy atom. The SMILES string of the molecule is Clc1cc(Br)cc(Oc2ccc(-c3cccc(-n4c5ccccc5c5ccccc54)c3)cc2)c1. The van der Waals surface area contributed by atoms with E-state index in [1.54, 1.807) is 6.07 Å². The van der Waals surface area contributed by atoms with Gasteiger partial charge in [-0.15, -0.1) is 0 Å². The van der Waals surface area contributed by atoms with Gasteiger partial charge in [0.25, 0.3) is 0 Å². The molecule has 164 valence electrons. The zero-order valence-electron chi connectivity index (χ0n) is 18.1. The van der Waals surface area contributed by atoms with Gasteiger partial charge in [-0.1, -0.05) is 88.2 Å². The van der Waals surface area contributed by atoms with Crippen molar-refractivity contribution >= 4 is 49.3 Å². The zero-order chi connectivity index (χ0) is 23.1. The van der Waals surface area contributed by atoms with Crippen LogP contribution >= 0.6 is 27.5 Å². The van der Waals surface area contributed by atoms with Gasteiger partial charge in [-0.2, -0.15) is 0 Å². The second kappa shape index (κ2) is 8.68. The predicted molar refractivity (Wildman–Crippen MR) is 145 cm³/mol. The molecule has 0 aliphatic rings. The highest BCUT2D eigenvalue weighted by Crippen LogP contribution is 2.34. The Morgan fingerprint density at radius 2 is 1.26 bits per heavy atom. The summed E-state index contributed by atoms with van der Waals surface area (Å²) in [6.45, 7) is 0. The molecule has 1 aromatic heterocycles. The first-order chi connectivity index (χ1) is 16.7. The van der Waals surface area contributed by atoms with Crippen molar-refractivity contribution in [3.63, 3.8) is 0 Å². The quantitative estimate of drug-likeness (QED) is 0.224. The van der Waals surface area contributed by atoms with E-state index in [0.717, 1.165) is 27.0 Å². The Labute approximate surface area is 211 Å². The Bertz CT molecular complexity index is 1580. The third-order valence-corrected chi connectivity index (χ3v) is 6.62. The minimum Gasteiger partial charge on any atom is -0.457 e. The van der Waals surface area contributed by atoms with Crippen LogP contribution in [0.15, 0.2) is 120 Å². The fraction of sp³-hybridized carbons (Fsp3) is 0. The molecule has 6 aromatic rings. The lowest BCUT2D eigenvalue weighted by Gasteiger charge is -2.11. The fourth-order valence-corrected chi connectivity index (χ4v) is 5.29. The molecule has 0 radical (unpaired) electrons. The molecular weight excluding hydrogens is 506 g/mol. The molecule has 5 aromatic carbocycles. The molecule has 2 nitrogen and oxygen atoms in total. The lowest BCUT2D eigenvalue weighted by atomic mass is 10.0. The van der Waals surface area contributed by atoms with E-state index in [9.17, 15) is 0 Å². The zero-order valence-corrected chi connectivity index (χ0v) is 20.4. The van der Waals surface area contributed by atoms with Gasteiger partial charge in [-0.25, -0.2) is 0 Å². The van der Waals surface area contributed by atoms with Crippen molar-refractivity contribution in [1.82, 2.24) is 4.57 Å². The van der Waals surface area contributed by atoms with Gasteiger partial charge in [-0.3, -0.25) is 0 Å². The maximum atomic E-state index is 6.14. The molecule has 0 spiro atoms. The van der Waals surface area contributed by atoms with Gasteiger partial charge in [0.1, 0.15) is 11.5 Å². The summed E-state index contributed by atoms with van der Waals surface area (Å²) < 4.78 is 9.21. The smallest absolute Gasteiger partial charge is 0.130 e.